The van der Waals surface area contributed by atoms with Crippen LogP contribution in [0.4, 0.5) is 0 Å². The van der Waals surface area contributed by atoms with Gasteiger partial charge in [0.15, 0.2) is 0 Å². The third kappa shape index (κ3) is 3.70. The van der Waals surface area contributed by atoms with Gasteiger partial charge in [0.25, 0.3) is 0 Å². The number of carbonyl (C=O) groups is 1. The molecule has 0 aromatic rings. The van der Waals surface area contributed by atoms with E-state index in [4.69, 9.17) is 0 Å². The van der Waals surface area contributed by atoms with Crippen LogP contribution in [0.1, 0.15) is 59.3 Å². The third-order valence-electron chi connectivity index (χ3n) is 4.47. The van der Waals surface area contributed by atoms with Crippen LogP contribution in [0.3, 0.4) is 0 Å². The van der Waals surface area contributed by atoms with Crippen LogP contribution in [-0.2, 0) is 4.79 Å². The van der Waals surface area contributed by atoms with E-state index < -0.39 is 11.4 Å². The van der Waals surface area contributed by atoms with Gasteiger partial charge in [-0.2, -0.15) is 0 Å². The van der Waals surface area contributed by atoms with E-state index in [0.717, 1.165) is 5.92 Å². The quantitative estimate of drug-likeness (QED) is 0.751. The standard InChI is InChI=1S/C14H27NO2/c1-4-14(5-2,13(16)17)10-15-12-8-6-7-11(3)9-12/h11-12,15H,4-10H2,1-3H3,(H,16,17). The first-order valence-corrected chi connectivity index (χ1v) is 7.01. The minimum absolute atomic E-state index is 0.524. The topological polar surface area (TPSA) is 49.3 Å². The van der Waals surface area contributed by atoms with E-state index in [0.29, 0.717) is 25.4 Å². The largest absolute Gasteiger partial charge is 0.481 e. The Balaban J connectivity index is 2.49. The Morgan fingerprint density at radius 2 is 2.00 bits per heavy atom. The smallest absolute Gasteiger partial charge is 0.310 e. The molecular formula is C14H27NO2. The number of rotatable bonds is 6. The molecular weight excluding hydrogens is 214 g/mol. The van der Waals surface area contributed by atoms with E-state index in [1.807, 2.05) is 13.8 Å². The first-order valence-electron chi connectivity index (χ1n) is 7.01. The van der Waals surface area contributed by atoms with Gasteiger partial charge >= 0.3 is 5.97 Å². The fourth-order valence-electron chi connectivity index (χ4n) is 2.84. The van der Waals surface area contributed by atoms with Gasteiger partial charge < -0.3 is 10.4 Å². The van der Waals surface area contributed by atoms with Gasteiger partial charge in [-0.1, -0.05) is 33.6 Å². The molecule has 0 aromatic carbocycles. The lowest BCUT2D eigenvalue weighted by atomic mass is 9.81. The Morgan fingerprint density at radius 3 is 2.47 bits per heavy atom. The van der Waals surface area contributed by atoms with Crippen LogP contribution in [0.15, 0.2) is 0 Å². The van der Waals surface area contributed by atoms with Gasteiger partial charge in [-0.15, -0.1) is 0 Å². The summed E-state index contributed by atoms with van der Waals surface area (Å²) < 4.78 is 0. The molecule has 1 aliphatic carbocycles. The maximum absolute atomic E-state index is 11.4. The monoisotopic (exact) mass is 241 g/mol. The summed E-state index contributed by atoms with van der Waals surface area (Å²) in [5.74, 6) is 0.127. The van der Waals surface area contributed by atoms with Gasteiger partial charge in [0.05, 0.1) is 5.41 Å². The molecule has 3 nitrogen and oxygen atoms in total. The second-order valence-electron chi connectivity index (χ2n) is 5.64. The summed E-state index contributed by atoms with van der Waals surface area (Å²) in [6.45, 7) is 6.86. The van der Waals surface area contributed by atoms with Crippen molar-refractivity contribution in [2.75, 3.05) is 6.54 Å². The molecule has 0 saturated heterocycles. The fourth-order valence-corrected chi connectivity index (χ4v) is 2.84. The van der Waals surface area contributed by atoms with Gasteiger partial charge in [-0.05, 0) is 31.6 Å². The number of carboxylic acid groups (broad SMARTS) is 1. The van der Waals surface area contributed by atoms with Crippen molar-refractivity contribution in [1.82, 2.24) is 5.32 Å². The Bertz CT molecular complexity index is 249. The average molecular weight is 241 g/mol. The Labute approximate surface area is 105 Å². The molecule has 0 radical (unpaired) electrons. The summed E-state index contributed by atoms with van der Waals surface area (Å²) in [6.07, 6.45) is 6.40. The molecule has 0 bridgehead atoms. The van der Waals surface area contributed by atoms with Crippen molar-refractivity contribution in [2.45, 2.75) is 65.3 Å². The number of nitrogens with one attached hydrogen (secondary N) is 1. The summed E-state index contributed by atoms with van der Waals surface area (Å²) in [4.78, 5) is 11.4. The minimum atomic E-state index is -0.654. The van der Waals surface area contributed by atoms with Crippen LogP contribution in [0.25, 0.3) is 0 Å². The van der Waals surface area contributed by atoms with Crippen molar-refractivity contribution >= 4 is 5.97 Å². The molecule has 0 amide bonds. The van der Waals surface area contributed by atoms with Crippen LogP contribution in [0.5, 0.6) is 0 Å². The SMILES string of the molecule is CCC(CC)(CNC1CCCC(C)C1)C(=O)O. The molecule has 2 atom stereocenters. The first kappa shape index (κ1) is 14.5. The highest BCUT2D eigenvalue weighted by Gasteiger charge is 2.35. The molecule has 3 heteroatoms. The van der Waals surface area contributed by atoms with Crippen LogP contribution in [0.2, 0.25) is 0 Å². The lowest BCUT2D eigenvalue weighted by Crippen LogP contribution is -2.45. The third-order valence-corrected chi connectivity index (χ3v) is 4.47. The summed E-state index contributed by atoms with van der Waals surface area (Å²) >= 11 is 0. The van der Waals surface area contributed by atoms with Gasteiger partial charge in [0.1, 0.15) is 0 Å². The van der Waals surface area contributed by atoms with E-state index in [2.05, 4.69) is 12.2 Å². The van der Waals surface area contributed by atoms with Gasteiger partial charge in [-0.3, -0.25) is 4.79 Å². The minimum Gasteiger partial charge on any atom is -0.481 e. The molecule has 1 saturated carbocycles. The molecule has 100 valence electrons. The zero-order valence-electron chi connectivity index (χ0n) is 11.5. The van der Waals surface area contributed by atoms with Crippen molar-refractivity contribution < 1.29 is 9.90 Å². The fraction of sp³-hybridized carbons (Fsp3) is 0.929. The number of hydrogen-bond acceptors (Lipinski definition) is 2. The highest BCUT2D eigenvalue weighted by atomic mass is 16.4. The van der Waals surface area contributed by atoms with Crippen LogP contribution in [0, 0.1) is 11.3 Å². The molecule has 17 heavy (non-hydrogen) atoms. The molecule has 1 aliphatic rings. The lowest BCUT2D eigenvalue weighted by Gasteiger charge is -2.33. The highest BCUT2D eigenvalue weighted by Crippen LogP contribution is 2.28. The van der Waals surface area contributed by atoms with Crippen molar-refractivity contribution in [1.29, 1.82) is 0 Å². The number of hydrogen-bond donors (Lipinski definition) is 2. The Morgan fingerprint density at radius 1 is 1.35 bits per heavy atom. The van der Waals surface area contributed by atoms with Gasteiger partial charge in [-0.25, -0.2) is 0 Å². The van der Waals surface area contributed by atoms with Crippen molar-refractivity contribution in [2.24, 2.45) is 11.3 Å². The van der Waals surface area contributed by atoms with Crippen molar-refractivity contribution in [3.05, 3.63) is 0 Å². The summed E-state index contributed by atoms with van der Waals surface area (Å²) in [5, 5.41) is 12.9. The lowest BCUT2D eigenvalue weighted by molar-refractivity contribution is -0.149. The summed E-state index contributed by atoms with van der Waals surface area (Å²) in [6, 6.07) is 0.524. The predicted octanol–water partition coefficient (Wildman–Crippen LogP) is 3.05. The van der Waals surface area contributed by atoms with Gasteiger partial charge in [0, 0.05) is 12.6 Å². The number of aliphatic carboxylic acids is 1. The Hall–Kier alpha value is -0.570. The molecule has 1 fully saturated rings. The van der Waals surface area contributed by atoms with E-state index in [1.54, 1.807) is 0 Å². The first-order chi connectivity index (χ1) is 8.04. The van der Waals surface area contributed by atoms with E-state index in [9.17, 15) is 9.90 Å². The van der Waals surface area contributed by atoms with E-state index >= 15 is 0 Å². The molecule has 2 N–H and O–H groups in total. The predicted molar refractivity (Wildman–Crippen MR) is 70.1 cm³/mol. The molecule has 0 aromatic heterocycles. The zero-order valence-corrected chi connectivity index (χ0v) is 11.5. The molecule has 0 heterocycles. The molecule has 0 spiro atoms. The molecule has 0 aliphatic heterocycles. The van der Waals surface area contributed by atoms with Crippen LogP contribution < -0.4 is 5.32 Å². The normalized spacial score (nSPS) is 25.8. The second kappa shape index (κ2) is 6.39. The molecule has 2 unspecified atom stereocenters. The van der Waals surface area contributed by atoms with Crippen molar-refractivity contribution in [3.8, 4) is 0 Å². The highest BCUT2D eigenvalue weighted by molar-refractivity contribution is 5.74. The number of carboxylic acids is 1. The maximum Gasteiger partial charge on any atom is 0.310 e. The van der Waals surface area contributed by atoms with E-state index in [1.165, 1.54) is 25.7 Å². The van der Waals surface area contributed by atoms with Crippen molar-refractivity contribution in [3.63, 3.8) is 0 Å². The second-order valence-corrected chi connectivity index (χ2v) is 5.64. The van der Waals surface area contributed by atoms with Crippen LogP contribution in [-0.4, -0.2) is 23.7 Å². The van der Waals surface area contributed by atoms with Gasteiger partial charge in [0.2, 0.25) is 0 Å². The molecule has 1 rings (SSSR count). The zero-order chi connectivity index (χ0) is 12.9. The summed E-state index contributed by atoms with van der Waals surface area (Å²) in [7, 11) is 0. The average Bonchev–Trinajstić information content (AvgIpc) is 2.31. The Kier molecular flexibility index (Phi) is 5.44. The maximum atomic E-state index is 11.4. The van der Waals surface area contributed by atoms with Crippen LogP contribution >= 0.6 is 0 Å². The van der Waals surface area contributed by atoms with E-state index in [-0.39, 0.29) is 0 Å². The summed E-state index contributed by atoms with van der Waals surface area (Å²) in [5.41, 5.74) is -0.569.